The van der Waals surface area contributed by atoms with Crippen LogP contribution in [0.4, 0.5) is 0 Å². The first-order valence-electron chi connectivity index (χ1n) is 10.9. The molecule has 0 unspecified atom stereocenters. The van der Waals surface area contributed by atoms with Gasteiger partial charge in [-0.25, -0.2) is 9.59 Å². The number of allylic oxidation sites excluding steroid dienone is 2. The number of fused-ring (bicyclic) bond motifs is 2. The van der Waals surface area contributed by atoms with E-state index >= 15 is 0 Å². The maximum absolute atomic E-state index is 12.6. The topological polar surface area (TPSA) is 65.7 Å². The molecule has 5 nitrogen and oxygen atoms in total. The van der Waals surface area contributed by atoms with Gasteiger partial charge in [0.05, 0.1) is 6.26 Å². The predicted molar refractivity (Wildman–Crippen MR) is 115 cm³/mol. The number of hydrogen-bond donors (Lipinski definition) is 0. The van der Waals surface area contributed by atoms with Crippen molar-refractivity contribution in [2.45, 2.75) is 79.9 Å². The molecule has 0 bridgehead atoms. The Morgan fingerprint density at radius 3 is 2.33 bits per heavy atom. The Hall–Kier alpha value is -2.30. The predicted octanol–water partition coefficient (Wildman–Crippen LogP) is 5.10. The van der Waals surface area contributed by atoms with E-state index in [1.807, 2.05) is 20.1 Å². The van der Waals surface area contributed by atoms with E-state index in [0.29, 0.717) is 17.6 Å². The average molecular weight is 415 g/mol. The molecule has 2 aliphatic carbocycles. The van der Waals surface area contributed by atoms with Gasteiger partial charge in [-0.2, -0.15) is 0 Å². The van der Waals surface area contributed by atoms with E-state index in [2.05, 4.69) is 20.8 Å². The van der Waals surface area contributed by atoms with Gasteiger partial charge in [0, 0.05) is 23.5 Å². The van der Waals surface area contributed by atoms with Crippen molar-refractivity contribution in [2.24, 2.45) is 17.3 Å². The number of aryl methyl sites for hydroxylation is 1. The summed E-state index contributed by atoms with van der Waals surface area (Å²) in [7, 11) is 0. The fourth-order valence-electron chi connectivity index (χ4n) is 4.89. The lowest BCUT2D eigenvalue weighted by molar-refractivity contribution is -0.188. The first-order chi connectivity index (χ1) is 14.1. The number of esters is 2. The summed E-state index contributed by atoms with van der Waals surface area (Å²) in [5, 5.41) is 0. The second-order valence-electron chi connectivity index (χ2n) is 9.19. The lowest BCUT2D eigenvalue weighted by Crippen LogP contribution is -2.57. The number of furan rings is 1. The highest BCUT2D eigenvalue weighted by Crippen LogP contribution is 2.54. The molecule has 0 spiro atoms. The van der Waals surface area contributed by atoms with Crippen LogP contribution in [0.25, 0.3) is 0 Å². The Labute approximate surface area is 179 Å². The summed E-state index contributed by atoms with van der Waals surface area (Å²) in [5.74, 6) is 0.642. The molecule has 0 N–H and O–H groups in total. The van der Waals surface area contributed by atoms with Gasteiger partial charge in [-0.15, -0.1) is 0 Å². The summed E-state index contributed by atoms with van der Waals surface area (Å²) in [4.78, 5) is 25.2. The fourth-order valence-corrected chi connectivity index (χ4v) is 4.89. The van der Waals surface area contributed by atoms with E-state index in [-0.39, 0.29) is 29.2 Å². The molecule has 164 valence electrons. The first kappa shape index (κ1) is 22.4. The van der Waals surface area contributed by atoms with Crippen molar-refractivity contribution in [1.82, 2.24) is 0 Å². The zero-order chi connectivity index (χ0) is 22.2. The lowest BCUT2D eigenvalue weighted by Gasteiger charge is -2.53. The Balaban J connectivity index is 1.95. The van der Waals surface area contributed by atoms with Crippen LogP contribution in [0.15, 0.2) is 34.0 Å². The largest absolute Gasteiger partial charge is 0.469 e. The Bertz CT molecular complexity index is 889. The molecule has 1 fully saturated rings. The second kappa shape index (κ2) is 8.44. The van der Waals surface area contributed by atoms with Gasteiger partial charge in [0.15, 0.2) is 0 Å². The van der Waals surface area contributed by atoms with Crippen molar-refractivity contribution in [3.63, 3.8) is 0 Å². The molecular formula is C25H34O5. The molecule has 0 amide bonds. The van der Waals surface area contributed by atoms with Crippen molar-refractivity contribution < 1.29 is 23.5 Å². The summed E-state index contributed by atoms with van der Waals surface area (Å²) < 4.78 is 17.7. The van der Waals surface area contributed by atoms with Gasteiger partial charge >= 0.3 is 11.9 Å². The van der Waals surface area contributed by atoms with Crippen LogP contribution in [0.3, 0.4) is 0 Å². The third kappa shape index (κ3) is 3.86. The zero-order valence-corrected chi connectivity index (χ0v) is 19.2. The van der Waals surface area contributed by atoms with Crippen LogP contribution in [-0.2, 0) is 31.9 Å². The molecule has 2 aliphatic rings. The molecule has 1 aromatic heterocycles. The molecule has 5 heteroatoms. The van der Waals surface area contributed by atoms with Crippen LogP contribution in [0, 0.1) is 24.2 Å². The number of ether oxygens (including phenoxy) is 2. The van der Waals surface area contributed by atoms with Crippen molar-refractivity contribution in [3.05, 3.63) is 46.4 Å². The summed E-state index contributed by atoms with van der Waals surface area (Å²) in [6.45, 7) is 13.6. The fraction of sp³-hybridized carbons (Fsp3) is 0.600. The highest BCUT2D eigenvalue weighted by atomic mass is 16.6. The van der Waals surface area contributed by atoms with Crippen molar-refractivity contribution >= 4 is 11.9 Å². The van der Waals surface area contributed by atoms with Crippen LogP contribution in [0.5, 0.6) is 0 Å². The molecule has 1 aromatic rings. The summed E-state index contributed by atoms with van der Waals surface area (Å²) in [6, 6.07) is 0. The van der Waals surface area contributed by atoms with Crippen molar-refractivity contribution in [1.29, 1.82) is 0 Å². The highest BCUT2D eigenvalue weighted by Gasteiger charge is 2.55. The quantitative estimate of drug-likeness (QED) is 0.506. The number of hydrogen-bond acceptors (Lipinski definition) is 5. The van der Waals surface area contributed by atoms with Gasteiger partial charge < -0.3 is 13.9 Å². The second-order valence-corrected chi connectivity index (χ2v) is 9.19. The molecule has 1 saturated carbocycles. The number of carbonyl (C=O) groups excluding carboxylic acids is 2. The van der Waals surface area contributed by atoms with E-state index in [1.54, 1.807) is 26.0 Å². The number of carbonyl (C=O) groups is 2. The SMILES string of the molecule is C/C=C(/C)C(=O)O[C@H]1[C@@H](OC(=O)/C(C)=C\C)C[C@@H]2Cc3occ(C)c3C[C@@]2(C)[C@H]1C. The molecule has 5 atom stereocenters. The molecule has 0 radical (unpaired) electrons. The van der Waals surface area contributed by atoms with Crippen LogP contribution < -0.4 is 0 Å². The first-order valence-corrected chi connectivity index (χ1v) is 10.9. The van der Waals surface area contributed by atoms with E-state index in [1.165, 1.54) is 11.1 Å². The minimum absolute atomic E-state index is 0.0241. The van der Waals surface area contributed by atoms with E-state index in [4.69, 9.17) is 13.9 Å². The van der Waals surface area contributed by atoms with Crippen LogP contribution in [-0.4, -0.2) is 24.1 Å². The molecule has 30 heavy (non-hydrogen) atoms. The Morgan fingerprint density at radius 2 is 1.73 bits per heavy atom. The van der Waals surface area contributed by atoms with Gasteiger partial charge in [0.25, 0.3) is 0 Å². The van der Waals surface area contributed by atoms with Gasteiger partial charge in [0.1, 0.15) is 18.0 Å². The molecule has 0 saturated heterocycles. The third-order valence-corrected chi connectivity index (χ3v) is 7.54. The molecule has 0 aromatic carbocycles. The Morgan fingerprint density at radius 1 is 1.13 bits per heavy atom. The molecular weight excluding hydrogens is 380 g/mol. The summed E-state index contributed by atoms with van der Waals surface area (Å²) in [5.41, 5.74) is 3.48. The maximum atomic E-state index is 12.6. The van der Waals surface area contributed by atoms with E-state index < -0.39 is 12.2 Å². The third-order valence-electron chi connectivity index (χ3n) is 7.54. The van der Waals surface area contributed by atoms with Crippen molar-refractivity contribution in [3.8, 4) is 0 Å². The highest BCUT2D eigenvalue weighted by molar-refractivity contribution is 5.88. The van der Waals surface area contributed by atoms with Gasteiger partial charge in [-0.3, -0.25) is 0 Å². The van der Waals surface area contributed by atoms with Crippen LogP contribution in [0.2, 0.25) is 0 Å². The minimum Gasteiger partial charge on any atom is -0.469 e. The average Bonchev–Trinajstić information content (AvgIpc) is 3.07. The zero-order valence-electron chi connectivity index (χ0n) is 19.2. The monoisotopic (exact) mass is 414 g/mol. The van der Waals surface area contributed by atoms with E-state index in [0.717, 1.165) is 18.6 Å². The molecule has 3 rings (SSSR count). The smallest absolute Gasteiger partial charge is 0.333 e. The summed E-state index contributed by atoms with van der Waals surface area (Å²) >= 11 is 0. The summed E-state index contributed by atoms with van der Waals surface area (Å²) in [6.07, 6.45) is 6.68. The minimum atomic E-state index is -0.490. The van der Waals surface area contributed by atoms with Gasteiger partial charge in [0.2, 0.25) is 0 Å². The van der Waals surface area contributed by atoms with Crippen molar-refractivity contribution in [2.75, 3.05) is 0 Å². The van der Waals surface area contributed by atoms with Gasteiger partial charge in [-0.1, -0.05) is 26.0 Å². The van der Waals surface area contributed by atoms with Crippen LogP contribution >= 0.6 is 0 Å². The van der Waals surface area contributed by atoms with Gasteiger partial charge in [-0.05, 0) is 69.9 Å². The van der Waals surface area contributed by atoms with E-state index in [9.17, 15) is 9.59 Å². The molecule has 1 heterocycles. The van der Waals surface area contributed by atoms with Crippen LogP contribution in [0.1, 0.15) is 64.9 Å². The number of rotatable bonds is 4. The standard InChI is InChI=1S/C25H34O5/c1-8-14(3)23(26)29-21-11-18-10-20-19(16(5)13-28-20)12-25(18,7)17(6)22(21)30-24(27)15(4)9-2/h8-9,13,17-18,21-22H,10-12H2,1-7H3/b14-8-,15-9-/t17-,18-,21-,22+,25-/m0/s1. The molecule has 0 aliphatic heterocycles. The maximum Gasteiger partial charge on any atom is 0.333 e. The normalized spacial score (nSPS) is 31.6. The lowest BCUT2D eigenvalue weighted by atomic mass is 9.54. The Kier molecular flexibility index (Phi) is 6.30.